The van der Waals surface area contributed by atoms with Gasteiger partial charge in [0.1, 0.15) is 5.00 Å². The first-order valence-electron chi connectivity index (χ1n) is 11.8. The molecule has 2 N–H and O–H groups in total. The summed E-state index contributed by atoms with van der Waals surface area (Å²) < 4.78 is 5.29. The topological polar surface area (TPSA) is 70.7 Å². The molecule has 1 atom stereocenters. The average molecular weight is 456 g/mol. The van der Waals surface area contributed by atoms with Crippen LogP contribution in [0.15, 0.2) is 24.3 Å². The number of carbonyl (C=O) groups is 2. The van der Waals surface area contributed by atoms with Crippen molar-refractivity contribution in [2.75, 3.05) is 41.8 Å². The lowest BCUT2D eigenvalue weighted by Crippen LogP contribution is -2.29. The van der Waals surface area contributed by atoms with Gasteiger partial charge in [0.2, 0.25) is 5.91 Å². The molecule has 1 aromatic carbocycles. The first-order chi connectivity index (χ1) is 15.5. The number of anilines is 3. The third-order valence-corrected chi connectivity index (χ3v) is 7.46. The Labute approximate surface area is 194 Å². The minimum atomic E-state index is -0.337. The predicted octanol–water partition coefficient (Wildman–Crippen LogP) is 5.09. The van der Waals surface area contributed by atoms with Crippen LogP contribution in [0, 0.1) is 5.92 Å². The molecule has 0 radical (unpaired) electrons. The number of amides is 1. The Bertz CT molecular complexity index is 948. The first kappa shape index (κ1) is 22.6. The fraction of sp³-hybridized carbons (Fsp3) is 0.520. The molecule has 1 aliphatic carbocycles. The Morgan fingerprint density at radius 2 is 1.91 bits per heavy atom. The van der Waals surface area contributed by atoms with Crippen LogP contribution in [0.3, 0.4) is 0 Å². The van der Waals surface area contributed by atoms with Crippen LogP contribution >= 0.6 is 11.3 Å². The van der Waals surface area contributed by atoms with Gasteiger partial charge in [0.25, 0.3) is 0 Å². The summed E-state index contributed by atoms with van der Waals surface area (Å²) in [5.74, 6) is 0.0905. The van der Waals surface area contributed by atoms with Crippen LogP contribution in [-0.4, -0.2) is 38.1 Å². The molecule has 1 saturated heterocycles. The van der Waals surface area contributed by atoms with Crippen molar-refractivity contribution in [2.45, 2.75) is 52.4 Å². The molecule has 32 heavy (non-hydrogen) atoms. The number of piperidine rings is 1. The summed E-state index contributed by atoms with van der Waals surface area (Å²) in [6, 6.07) is 8.26. The van der Waals surface area contributed by atoms with Crippen LogP contribution < -0.4 is 15.5 Å². The largest absolute Gasteiger partial charge is 0.462 e. The standard InChI is InChI=1S/C25H33N3O3S/c1-3-31-25(30)23-20-12-7-17(2)15-21(20)32-24(23)27-22(29)16-26-18-8-10-19(11-9-18)28-13-5-4-6-14-28/h8-11,17,26H,3-7,12-16H2,1-2H3,(H,27,29). The number of benzene rings is 1. The van der Waals surface area contributed by atoms with E-state index in [0.29, 0.717) is 23.1 Å². The summed E-state index contributed by atoms with van der Waals surface area (Å²) in [5, 5.41) is 6.78. The maximum atomic E-state index is 12.7. The highest BCUT2D eigenvalue weighted by Crippen LogP contribution is 2.40. The molecule has 1 aliphatic heterocycles. The molecule has 4 rings (SSSR count). The minimum absolute atomic E-state index is 0.143. The first-order valence-corrected chi connectivity index (χ1v) is 12.6. The van der Waals surface area contributed by atoms with E-state index < -0.39 is 0 Å². The summed E-state index contributed by atoms with van der Waals surface area (Å²) in [6.45, 7) is 6.72. The van der Waals surface area contributed by atoms with Gasteiger partial charge >= 0.3 is 5.97 Å². The van der Waals surface area contributed by atoms with Gasteiger partial charge in [-0.3, -0.25) is 4.79 Å². The molecule has 0 bridgehead atoms. The summed E-state index contributed by atoms with van der Waals surface area (Å²) in [6.07, 6.45) is 6.68. The van der Waals surface area contributed by atoms with E-state index in [4.69, 9.17) is 4.74 Å². The third-order valence-electron chi connectivity index (χ3n) is 6.29. The van der Waals surface area contributed by atoms with E-state index in [9.17, 15) is 9.59 Å². The molecule has 2 aliphatic rings. The highest BCUT2D eigenvalue weighted by Gasteiger charge is 2.29. The van der Waals surface area contributed by atoms with Gasteiger partial charge in [-0.2, -0.15) is 0 Å². The highest BCUT2D eigenvalue weighted by molar-refractivity contribution is 7.17. The second-order valence-electron chi connectivity index (χ2n) is 8.77. The van der Waals surface area contributed by atoms with E-state index in [1.165, 1.54) is 41.2 Å². The molecule has 7 heteroatoms. The average Bonchev–Trinajstić information content (AvgIpc) is 3.15. The second-order valence-corrected chi connectivity index (χ2v) is 9.88. The fourth-order valence-corrected chi connectivity index (χ4v) is 5.97. The van der Waals surface area contributed by atoms with E-state index >= 15 is 0 Å². The number of ether oxygens (including phenoxy) is 1. The Hall–Kier alpha value is -2.54. The second kappa shape index (κ2) is 10.4. The van der Waals surface area contributed by atoms with Gasteiger partial charge in [0, 0.05) is 29.3 Å². The molecule has 6 nitrogen and oxygen atoms in total. The molecular formula is C25H33N3O3S. The van der Waals surface area contributed by atoms with Gasteiger partial charge in [-0.15, -0.1) is 11.3 Å². The maximum Gasteiger partial charge on any atom is 0.341 e. The fourth-order valence-electron chi connectivity index (χ4n) is 4.55. The number of nitrogens with one attached hydrogen (secondary N) is 2. The maximum absolute atomic E-state index is 12.7. The smallest absolute Gasteiger partial charge is 0.341 e. The molecule has 2 aromatic rings. The van der Waals surface area contributed by atoms with Crippen molar-refractivity contribution in [3.8, 4) is 0 Å². The molecule has 0 spiro atoms. The van der Waals surface area contributed by atoms with E-state index in [2.05, 4.69) is 34.6 Å². The Morgan fingerprint density at radius 3 is 2.62 bits per heavy atom. The van der Waals surface area contributed by atoms with Crippen LogP contribution in [-0.2, 0) is 22.4 Å². The van der Waals surface area contributed by atoms with Crippen molar-refractivity contribution < 1.29 is 14.3 Å². The van der Waals surface area contributed by atoms with Crippen molar-refractivity contribution in [3.63, 3.8) is 0 Å². The van der Waals surface area contributed by atoms with E-state index in [-0.39, 0.29) is 18.4 Å². The number of hydrogen-bond acceptors (Lipinski definition) is 6. The van der Waals surface area contributed by atoms with Crippen molar-refractivity contribution >= 4 is 39.6 Å². The molecular weight excluding hydrogens is 422 g/mol. The van der Waals surface area contributed by atoms with Crippen molar-refractivity contribution in [1.82, 2.24) is 0 Å². The van der Waals surface area contributed by atoms with Crippen LogP contribution in [0.1, 0.15) is 60.3 Å². The van der Waals surface area contributed by atoms with E-state index in [0.717, 1.165) is 43.6 Å². The zero-order chi connectivity index (χ0) is 22.5. The third kappa shape index (κ3) is 5.26. The molecule has 2 heterocycles. The van der Waals surface area contributed by atoms with Gasteiger partial charge in [-0.1, -0.05) is 6.92 Å². The Morgan fingerprint density at radius 1 is 1.16 bits per heavy atom. The summed E-state index contributed by atoms with van der Waals surface area (Å²) in [4.78, 5) is 28.9. The number of fused-ring (bicyclic) bond motifs is 1. The van der Waals surface area contributed by atoms with Crippen LogP contribution in [0.4, 0.5) is 16.4 Å². The lowest BCUT2D eigenvalue weighted by molar-refractivity contribution is -0.114. The Kier molecular flexibility index (Phi) is 7.35. The van der Waals surface area contributed by atoms with Gasteiger partial charge < -0.3 is 20.3 Å². The molecule has 172 valence electrons. The highest BCUT2D eigenvalue weighted by atomic mass is 32.1. The quantitative estimate of drug-likeness (QED) is 0.569. The molecule has 1 aromatic heterocycles. The van der Waals surface area contributed by atoms with Crippen LogP contribution in [0.5, 0.6) is 0 Å². The van der Waals surface area contributed by atoms with Gasteiger partial charge in [-0.25, -0.2) is 4.79 Å². The minimum Gasteiger partial charge on any atom is -0.462 e. The normalized spacial score (nSPS) is 18.1. The number of thiophene rings is 1. The predicted molar refractivity (Wildman–Crippen MR) is 131 cm³/mol. The number of hydrogen-bond donors (Lipinski definition) is 2. The lowest BCUT2D eigenvalue weighted by Gasteiger charge is -2.28. The molecule has 1 amide bonds. The monoisotopic (exact) mass is 455 g/mol. The number of nitrogens with zero attached hydrogens (tertiary/aromatic N) is 1. The number of rotatable bonds is 7. The summed E-state index contributed by atoms with van der Waals surface area (Å²) in [5.41, 5.74) is 3.75. The Balaban J connectivity index is 1.39. The van der Waals surface area contributed by atoms with Crippen molar-refractivity contribution in [1.29, 1.82) is 0 Å². The number of esters is 1. The SMILES string of the molecule is CCOC(=O)c1c(NC(=O)CNc2ccc(N3CCCCC3)cc2)sc2c1CCC(C)C2. The zero-order valence-electron chi connectivity index (χ0n) is 19.0. The van der Waals surface area contributed by atoms with Gasteiger partial charge in [0.15, 0.2) is 0 Å². The molecule has 1 fully saturated rings. The number of carbonyl (C=O) groups excluding carboxylic acids is 2. The van der Waals surface area contributed by atoms with Crippen LogP contribution in [0.2, 0.25) is 0 Å². The van der Waals surface area contributed by atoms with Crippen LogP contribution in [0.25, 0.3) is 0 Å². The van der Waals surface area contributed by atoms with Crippen molar-refractivity contribution in [2.24, 2.45) is 5.92 Å². The molecule has 1 unspecified atom stereocenters. The van der Waals surface area contributed by atoms with Gasteiger partial charge in [0.05, 0.1) is 18.7 Å². The van der Waals surface area contributed by atoms with E-state index in [1.54, 1.807) is 6.92 Å². The summed E-state index contributed by atoms with van der Waals surface area (Å²) >= 11 is 1.52. The zero-order valence-corrected chi connectivity index (χ0v) is 19.9. The lowest BCUT2D eigenvalue weighted by atomic mass is 9.88. The molecule has 0 saturated carbocycles. The van der Waals surface area contributed by atoms with E-state index in [1.807, 2.05) is 12.1 Å². The van der Waals surface area contributed by atoms with Crippen molar-refractivity contribution in [3.05, 3.63) is 40.3 Å². The summed E-state index contributed by atoms with van der Waals surface area (Å²) in [7, 11) is 0. The van der Waals surface area contributed by atoms with Gasteiger partial charge in [-0.05, 0) is 81.2 Å².